The highest BCUT2D eigenvalue weighted by Crippen LogP contribution is 2.23. The van der Waals surface area contributed by atoms with E-state index in [2.05, 4.69) is 17.2 Å². The van der Waals surface area contributed by atoms with E-state index < -0.39 is 0 Å². The van der Waals surface area contributed by atoms with Gasteiger partial charge in [0.2, 0.25) is 5.91 Å². The summed E-state index contributed by atoms with van der Waals surface area (Å²) in [5, 5.41) is 4.84. The highest BCUT2D eigenvalue weighted by atomic mass is 32.2. The zero-order valence-electron chi connectivity index (χ0n) is 12.0. The molecule has 1 saturated heterocycles. The summed E-state index contributed by atoms with van der Waals surface area (Å²) in [5.74, 6) is 0.224. The lowest BCUT2D eigenvalue weighted by Crippen LogP contribution is -2.47. The van der Waals surface area contributed by atoms with Crippen molar-refractivity contribution in [3.8, 4) is 0 Å². The Balaban J connectivity index is 1.77. The number of hydrogen-bond donors (Lipinski definition) is 1. The fourth-order valence-electron chi connectivity index (χ4n) is 2.60. The average Bonchev–Trinajstić information content (AvgIpc) is 2.86. The number of piperidine rings is 1. The summed E-state index contributed by atoms with van der Waals surface area (Å²) in [4.78, 5) is 18.8. The largest absolute Gasteiger partial charge is 0.353 e. The first-order chi connectivity index (χ1) is 9.20. The summed E-state index contributed by atoms with van der Waals surface area (Å²) in [6.07, 6.45) is 5.95. The maximum atomic E-state index is 12.3. The van der Waals surface area contributed by atoms with Gasteiger partial charge in [-0.15, -0.1) is 0 Å². The van der Waals surface area contributed by atoms with Crippen LogP contribution in [0.25, 0.3) is 0 Å². The van der Waals surface area contributed by atoms with Crippen LogP contribution >= 0.6 is 11.8 Å². The van der Waals surface area contributed by atoms with Crippen molar-refractivity contribution in [3.63, 3.8) is 0 Å². The Kier molecular flexibility index (Phi) is 5.55. The molecule has 2 rings (SSSR count). The molecular formula is C14H25N3OS. The van der Waals surface area contributed by atoms with Crippen LogP contribution in [0.2, 0.25) is 0 Å². The lowest BCUT2D eigenvalue weighted by atomic mass is 10.1. The number of carbonyl (C=O) groups excluding carboxylic acids is 1. The second-order valence-corrected chi connectivity index (χ2v) is 6.72. The first-order valence-corrected chi connectivity index (χ1v) is 8.35. The van der Waals surface area contributed by atoms with Gasteiger partial charge in [-0.1, -0.05) is 25.1 Å². The second-order valence-electron chi connectivity index (χ2n) is 5.43. The minimum absolute atomic E-state index is 0.148. The van der Waals surface area contributed by atoms with E-state index in [4.69, 9.17) is 0 Å². The number of nitrogens with zero attached hydrogens (tertiary/aromatic N) is 2. The predicted octanol–water partition coefficient (Wildman–Crippen LogP) is 2.25. The Labute approximate surface area is 120 Å². The van der Waals surface area contributed by atoms with Crippen LogP contribution < -0.4 is 5.32 Å². The Hall–Kier alpha value is -0.710. The topological polar surface area (TPSA) is 44.7 Å². The van der Waals surface area contributed by atoms with Gasteiger partial charge in [-0.3, -0.25) is 9.79 Å². The number of amidine groups is 1. The number of nitrogens with one attached hydrogen (secondary N) is 1. The molecule has 0 saturated carbocycles. The van der Waals surface area contributed by atoms with Crippen LogP contribution in [0.1, 0.15) is 46.0 Å². The maximum Gasteiger partial charge on any atom is 0.244 e. The van der Waals surface area contributed by atoms with Crippen LogP contribution in [-0.4, -0.2) is 46.9 Å². The average molecular weight is 283 g/mol. The van der Waals surface area contributed by atoms with Crippen LogP contribution in [-0.2, 0) is 4.79 Å². The molecule has 2 heterocycles. The first kappa shape index (κ1) is 14.7. The zero-order chi connectivity index (χ0) is 13.7. The molecule has 2 aliphatic heterocycles. The van der Waals surface area contributed by atoms with Crippen molar-refractivity contribution in [2.45, 2.75) is 57.2 Å². The Morgan fingerprint density at radius 2 is 2.21 bits per heavy atom. The van der Waals surface area contributed by atoms with E-state index in [0.29, 0.717) is 5.25 Å². The molecule has 5 heteroatoms. The molecule has 0 spiro atoms. The van der Waals surface area contributed by atoms with Gasteiger partial charge in [-0.05, 0) is 32.6 Å². The molecule has 0 radical (unpaired) electrons. The molecule has 2 aliphatic rings. The first-order valence-electron chi connectivity index (χ1n) is 7.47. The number of aliphatic imine (C=N–C) groups is 1. The van der Waals surface area contributed by atoms with Crippen LogP contribution in [0, 0.1) is 0 Å². The van der Waals surface area contributed by atoms with Gasteiger partial charge < -0.3 is 10.2 Å². The van der Waals surface area contributed by atoms with Gasteiger partial charge in [0.05, 0.1) is 6.54 Å². The Bertz CT molecular complexity index is 340. The van der Waals surface area contributed by atoms with Gasteiger partial charge in [0.15, 0.2) is 5.17 Å². The summed E-state index contributed by atoms with van der Waals surface area (Å²) in [6.45, 7) is 6.89. The predicted molar refractivity (Wildman–Crippen MR) is 81.6 cm³/mol. The number of rotatable bonds is 4. The van der Waals surface area contributed by atoms with E-state index in [9.17, 15) is 4.79 Å². The molecule has 0 aromatic carbocycles. The molecule has 1 N–H and O–H groups in total. The normalized spacial score (nSPS) is 25.1. The van der Waals surface area contributed by atoms with Gasteiger partial charge in [0, 0.05) is 18.3 Å². The lowest BCUT2D eigenvalue weighted by molar-refractivity contribution is -0.133. The van der Waals surface area contributed by atoms with Crippen molar-refractivity contribution in [3.05, 3.63) is 0 Å². The van der Waals surface area contributed by atoms with Crippen LogP contribution in [0.5, 0.6) is 0 Å². The molecular weight excluding hydrogens is 258 g/mol. The van der Waals surface area contributed by atoms with Gasteiger partial charge in [-0.25, -0.2) is 0 Å². The molecule has 1 fully saturated rings. The van der Waals surface area contributed by atoms with Gasteiger partial charge >= 0.3 is 0 Å². The summed E-state index contributed by atoms with van der Waals surface area (Å²) < 4.78 is 0. The summed E-state index contributed by atoms with van der Waals surface area (Å²) in [6, 6.07) is -0.148. The third-order valence-corrected chi connectivity index (χ3v) is 4.89. The number of carbonyl (C=O) groups is 1. The molecule has 19 heavy (non-hydrogen) atoms. The smallest absolute Gasteiger partial charge is 0.244 e. The SMILES string of the molecule is CCCC1CN=C(NC(C)C(=O)N2CCCCC2)S1. The van der Waals surface area contributed by atoms with Gasteiger partial charge in [-0.2, -0.15) is 0 Å². The number of thioether (sulfide) groups is 1. The molecule has 2 unspecified atom stereocenters. The third-order valence-electron chi connectivity index (χ3n) is 3.71. The van der Waals surface area contributed by atoms with E-state index in [-0.39, 0.29) is 11.9 Å². The van der Waals surface area contributed by atoms with Crippen LogP contribution in [0.3, 0.4) is 0 Å². The van der Waals surface area contributed by atoms with Crippen molar-refractivity contribution in [2.75, 3.05) is 19.6 Å². The van der Waals surface area contributed by atoms with Crippen LogP contribution in [0.15, 0.2) is 4.99 Å². The van der Waals surface area contributed by atoms with Crippen molar-refractivity contribution in [1.29, 1.82) is 0 Å². The van der Waals surface area contributed by atoms with E-state index in [1.165, 1.54) is 19.3 Å². The van der Waals surface area contributed by atoms with Crippen molar-refractivity contribution in [2.24, 2.45) is 4.99 Å². The summed E-state index contributed by atoms with van der Waals surface area (Å²) >= 11 is 1.80. The van der Waals surface area contributed by atoms with Gasteiger partial charge in [0.1, 0.15) is 6.04 Å². The summed E-state index contributed by atoms with van der Waals surface area (Å²) in [5.41, 5.74) is 0. The number of hydrogen-bond acceptors (Lipinski definition) is 4. The van der Waals surface area contributed by atoms with Crippen molar-refractivity contribution in [1.82, 2.24) is 10.2 Å². The minimum Gasteiger partial charge on any atom is -0.353 e. The van der Waals surface area contributed by atoms with E-state index in [1.807, 2.05) is 11.8 Å². The fourth-order valence-corrected chi connectivity index (χ4v) is 3.82. The second kappa shape index (κ2) is 7.17. The molecule has 4 nitrogen and oxygen atoms in total. The van der Waals surface area contributed by atoms with E-state index >= 15 is 0 Å². The molecule has 2 atom stereocenters. The van der Waals surface area contributed by atoms with Crippen molar-refractivity contribution >= 4 is 22.8 Å². The molecule has 108 valence electrons. The third kappa shape index (κ3) is 4.13. The molecule has 0 aromatic heterocycles. The highest BCUT2D eigenvalue weighted by molar-refractivity contribution is 8.14. The number of likely N-dealkylation sites (tertiary alicyclic amines) is 1. The Morgan fingerprint density at radius 3 is 2.89 bits per heavy atom. The monoisotopic (exact) mass is 283 g/mol. The summed E-state index contributed by atoms with van der Waals surface area (Å²) in [7, 11) is 0. The van der Waals surface area contributed by atoms with E-state index in [0.717, 1.165) is 37.6 Å². The molecule has 0 aromatic rings. The standard InChI is InChI=1S/C14H25N3OS/c1-3-7-12-10-15-14(19-12)16-11(2)13(18)17-8-5-4-6-9-17/h11-12H,3-10H2,1-2H3,(H,15,16). The van der Waals surface area contributed by atoms with Crippen molar-refractivity contribution < 1.29 is 4.79 Å². The zero-order valence-corrected chi connectivity index (χ0v) is 12.8. The lowest BCUT2D eigenvalue weighted by Gasteiger charge is -2.29. The quantitative estimate of drug-likeness (QED) is 0.860. The van der Waals surface area contributed by atoms with E-state index in [1.54, 1.807) is 11.8 Å². The Morgan fingerprint density at radius 1 is 1.47 bits per heavy atom. The molecule has 0 aliphatic carbocycles. The van der Waals surface area contributed by atoms with Crippen LogP contribution in [0.4, 0.5) is 0 Å². The fraction of sp³-hybridized carbons (Fsp3) is 0.857. The van der Waals surface area contributed by atoms with Gasteiger partial charge in [0.25, 0.3) is 0 Å². The molecule has 0 bridgehead atoms. The maximum absolute atomic E-state index is 12.3. The molecule has 1 amide bonds. The highest BCUT2D eigenvalue weighted by Gasteiger charge is 2.25. The minimum atomic E-state index is -0.148. The number of amides is 1.